The van der Waals surface area contributed by atoms with Crippen molar-refractivity contribution in [3.63, 3.8) is 0 Å². The van der Waals surface area contributed by atoms with Crippen LogP contribution in [0.4, 0.5) is 10.1 Å². The Labute approximate surface area is 135 Å². The zero-order chi connectivity index (χ0) is 16.3. The molecule has 1 amide bonds. The summed E-state index contributed by atoms with van der Waals surface area (Å²) >= 11 is 0. The maximum absolute atomic E-state index is 12.9. The topological polar surface area (TPSA) is 61.8 Å². The van der Waals surface area contributed by atoms with E-state index in [1.807, 2.05) is 0 Å². The number of hydrogen-bond acceptors (Lipinski definition) is 4. The quantitative estimate of drug-likeness (QED) is 0.862. The third kappa shape index (κ3) is 3.88. The van der Waals surface area contributed by atoms with E-state index in [1.165, 1.54) is 12.1 Å². The van der Waals surface area contributed by atoms with Gasteiger partial charge in [0.15, 0.2) is 0 Å². The average Bonchev–Trinajstić information content (AvgIpc) is 2.53. The summed E-state index contributed by atoms with van der Waals surface area (Å²) in [5.41, 5.74) is 0.521. The first kappa shape index (κ1) is 16.4. The van der Waals surface area contributed by atoms with Gasteiger partial charge in [-0.1, -0.05) is 0 Å². The third-order valence-corrected chi connectivity index (χ3v) is 4.78. The number of amides is 1. The fourth-order valence-corrected chi connectivity index (χ4v) is 3.23. The Morgan fingerprint density at radius 2 is 1.96 bits per heavy atom. The molecule has 0 radical (unpaired) electrons. The minimum atomic E-state index is -0.311. The molecule has 0 bridgehead atoms. The number of aliphatic hydroxyl groups is 1. The van der Waals surface area contributed by atoms with Crippen LogP contribution >= 0.6 is 0 Å². The molecule has 0 atom stereocenters. The van der Waals surface area contributed by atoms with Crippen LogP contribution in [-0.2, 0) is 9.53 Å². The molecule has 23 heavy (non-hydrogen) atoms. The molecule has 0 unspecified atom stereocenters. The van der Waals surface area contributed by atoms with Crippen molar-refractivity contribution in [1.29, 1.82) is 0 Å². The molecular formula is C17H23FN2O3. The molecule has 0 aliphatic carbocycles. The van der Waals surface area contributed by atoms with Crippen LogP contribution in [0.5, 0.6) is 0 Å². The second-order valence-corrected chi connectivity index (χ2v) is 6.70. The van der Waals surface area contributed by atoms with Crippen molar-refractivity contribution in [2.24, 2.45) is 11.3 Å². The normalized spacial score (nSPS) is 21.7. The average molecular weight is 322 g/mol. The lowest BCUT2D eigenvalue weighted by molar-refractivity contribution is -0.150. The number of carbonyl (C=O) groups is 1. The SMILES string of the molecule is O=C(Nc1ccc(F)cc1)C1CCN(CC2(CO)COC2)CC1. The number of piperidine rings is 1. The number of benzene rings is 1. The van der Waals surface area contributed by atoms with E-state index in [4.69, 9.17) is 4.74 Å². The summed E-state index contributed by atoms with van der Waals surface area (Å²) in [4.78, 5) is 14.6. The summed E-state index contributed by atoms with van der Waals surface area (Å²) in [6.45, 7) is 3.92. The molecule has 2 saturated heterocycles. The molecule has 1 aromatic rings. The van der Waals surface area contributed by atoms with Crippen LogP contribution in [0.15, 0.2) is 24.3 Å². The molecule has 2 fully saturated rings. The number of aliphatic hydroxyl groups excluding tert-OH is 1. The van der Waals surface area contributed by atoms with Crippen molar-refractivity contribution in [1.82, 2.24) is 4.90 Å². The zero-order valence-electron chi connectivity index (χ0n) is 13.1. The Hall–Kier alpha value is -1.50. The van der Waals surface area contributed by atoms with Crippen LogP contribution in [0, 0.1) is 17.2 Å². The van der Waals surface area contributed by atoms with Gasteiger partial charge in [0, 0.05) is 18.2 Å². The molecule has 0 spiro atoms. The predicted molar refractivity (Wildman–Crippen MR) is 84.5 cm³/mol. The smallest absolute Gasteiger partial charge is 0.227 e. The Morgan fingerprint density at radius 1 is 1.30 bits per heavy atom. The summed E-state index contributed by atoms with van der Waals surface area (Å²) in [5.74, 6) is -0.326. The summed E-state index contributed by atoms with van der Waals surface area (Å²) in [6, 6.07) is 5.83. The Bertz CT molecular complexity index is 532. The van der Waals surface area contributed by atoms with Gasteiger partial charge in [-0.3, -0.25) is 4.79 Å². The van der Waals surface area contributed by atoms with Crippen molar-refractivity contribution >= 4 is 11.6 Å². The zero-order valence-corrected chi connectivity index (χ0v) is 13.1. The van der Waals surface area contributed by atoms with Gasteiger partial charge in [-0.2, -0.15) is 0 Å². The van der Waals surface area contributed by atoms with Crippen LogP contribution in [0.25, 0.3) is 0 Å². The number of ether oxygens (including phenoxy) is 1. The van der Waals surface area contributed by atoms with Crippen LogP contribution < -0.4 is 5.32 Å². The molecule has 126 valence electrons. The highest BCUT2D eigenvalue weighted by Crippen LogP contribution is 2.30. The lowest BCUT2D eigenvalue weighted by Crippen LogP contribution is -2.54. The van der Waals surface area contributed by atoms with E-state index in [0.717, 1.165) is 32.5 Å². The summed E-state index contributed by atoms with van der Waals surface area (Å²) < 4.78 is 18.1. The van der Waals surface area contributed by atoms with E-state index in [-0.39, 0.29) is 29.7 Å². The second kappa shape index (κ2) is 6.95. The fourth-order valence-electron chi connectivity index (χ4n) is 3.23. The standard InChI is InChI=1S/C17H23FN2O3/c18-14-1-3-15(4-2-14)19-16(22)13-5-7-20(8-6-13)9-17(10-21)11-23-12-17/h1-4,13,21H,5-12H2,(H,19,22). The third-order valence-electron chi connectivity index (χ3n) is 4.78. The lowest BCUT2D eigenvalue weighted by Gasteiger charge is -2.44. The van der Waals surface area contributed by atoms with Crippen molar-refractivity contribution in [2.45, 2.75) is 12.8 Å². The maximum Gasteiger partial charge on any atom is 0.227 e. The lowest BCUT2D eigenvalue weighted by atomic mass is 9.85. The van der Waals surface area contributed by atoms with Gasteiger partial charge in [-0.25, -0.2) is 4.39 Å². The number of halogens is 1. The molecule has 2 aliphatic rings. The van der Waals surface area contributed by atoms with Gasteiger partial charge in [-0.05, 0) is 50.2 Å². The van der Waals surface area contributed by atoms with Gasteiger partial charge < -0.3 is 20.1 Å². The maximum atomic E-state index is 12.9. The molecule has 2 heterocycles. The minimum absolute atomic E-state index is 0.0000992. The van der Waals surface area contributed by atoms with Gasteiger partial charge in [0.2, 0.25) is 5.91 Å². The number of carbonyl (C=O) groups excluding carboxylic acids is 1. The Kier molecular flexibility index (Phi) is 4.94. The van der Waals surface area contributed by atoms with Crippen LogP contribution in [0.2, 0.25) is 0 Å². The first-order valence-electron chi connectivity index (χ1n) is 8.08. The molecular weight excluding hydrogens is 299 g/mol. The number of hydrogen-bond donors (Lipinski definition) is 2. The van der Waals surface area contributed by atoms with Crippen molar-refractivity contribution in [2.75, 3.05) is 44.8 Å². The number of anilines is 1. The van der Waals surface area contributed by atoms with Crippen molar-refractivity contribution in [3.05, 3.63) is 30.1 Å². The fraction of sp³-hybridized carbons (Fsp3) is 0.588. The van der Waals surface area contributed by atoms with E-state index in [0.29, 0.717) is 18.9 Å². The summed E-state index contributed by atoms with van der Waals surface area (Å²) in [5, 5.41) is 12.3. The van der Waals surface area contributed by atoms with E-state index in [1.54, 1.807) is 12.1 Å². The van der Waals surface area contributed by atoms with Gasteiger partial charge in [0.05, 0.1) is 25.2 Å². The highest BCUT2D eigenvalue weighted by atomic mass is 19.1. The molecule has 6 heteroatoms. The molecule has 0 saturated carbocycles. The molecule has 0 aromatic heterocycles. The number of nitrogens with one attached hydrogen (secondary N) is 1. The van der Waals surface area contributed by atoms with Crippen LogP contribution in [-0.4, -0.2) is 55.4 Å². The van der Waals surface area contributed by atoms with Gasteiger partial charge in [0.1, 0.15) is 5.82 Å². The number of likely N-dealkylation sites (tertiary alicyclic amines) is 1. The van der Waals surface area contributed by atoms with E-state index in [2.05, 4.69) is 10.2 Å². The highest BCUT2D eigenvalue weighted by Gasteiger charge is 2.40. The van der Waals surface area contributed by atoms with Crippen molar-refractivity contribution < 1.29 is 19.0 Å². The number of nitrogens with zero attached hydrogens (tertiary/aromatic N) is 1. The largest absolute Gasteiger partial charge is 0.396 e. The molecule has 3 rings (SSSR count). The highest BCUT2D eigenvalue weighted by molar-refractivity contribution is 5.92. The van der Waals surface area contributed by atoms with Crippen LogP contribution in [0.1, 0.15) is 12.8 Å². The minimum Gasteiger partial charge on any atom is -0.396 e. The van der Waals surface area contributed by atoms with E-state index < -0.39 is 0 Å². The Morgan fingerprint density at radius 3 is 2.48 bits per heavy atom. The van der Waals surface area contributed by atoms with E-state index in [9.17, 15) is 14.3 Å². The second-order valence-electron chi connectivity index (χ2n) is 6.70. The summed E-state index contributed by atoms with van der Waals surface area (Å²) in [7, 11) is 0. The predicted octanol–water partition coefficient (Wildman–Crippen LogP) is 1.49. The summed E-state index contributed by atoms with van der Waals surface area (Å²) in [6.07, 6.45) is 1.60. The van der Waals surface area contributed by atoms with Gasteiger partial charge >= 0.3 is 0 Å². The molecule has 2 aliphatic heterocycles. The van der Waals surface area contributed by atoms with Crippen molar-refractivity contribution in [3.8, 4) is 0 Å². The molecule has 1 aromatic carbocycles. The molecule has 5 nitrogen and oxygen atoms in total. The van der Waals surface area contributed by atoms with Gasteiger partial charge in [0.25, 0.3) is 0 Å². The molecule has 2 N–H and O–H groups in total. The Balaban J connectivity index is 1.46. The first-order valence-corrected chi connectivity index (χ1v) is 8.08. The first-order chi connectivity index (χ1) is 11.1. The number of rotatable bonds is 5. The van der Waals surface area contributed by atoms with Crippen LogP contribution in [0.3, 0.4) is 0 Å². The van der Waals surface area contributed by atoms with E-state index >= 15 is 0 Å². The van der Waals surface area contributed by atoms with Gasteiger partial charge in [-0.15, -0.1) is 0 Å². The monoisotopic (exact) mass is 322 g/mol.